The zero-order chi connectivity index (χ0) is 15.1. The Morgan fingerprint density at radius 1 is 1.35 bits per heavy atom. The van der Waals surface area contributed by atoms with Gasteiger partial charge in [-0.2, -0.15) is 0 Å². The summed E-state index contributed by atoms with van der Waals surface area (Å²) in [6, 6.07) is 5.33. The summed E-state index contributed by atoms with van der Waals surface area (Å²) >= 11 is 5.99. The highest BCUT2D eigenvalue weighted by atomic mass is 35.5. The van der Waals surface area contributed by atoms with Gasteiger partial charge in [0.05, 0.1) is 11.7 Å². The van der Waals surface area contributed by atoms with Crippen LogP contribution in [0, 0.1) is 0 Å². The molecule has 0 aliphatic carbocycles. The van der Waals surface area contributed by atoms with Crippen molar-refractivity contribution in [2.75, 3.05) is 0 Å². The van der Waals surface area contributed by atoms with Crippen LogP contribution in [0.1, 0.15) is 52.7 Å². The lowest BCUT2D eigenvalue weighted by Crippen LogP contribution is -2.37. The lowest BCUT2D eigenvalue weighted by atomic mass is 9.97. The molecule has 2 rings (SSSR count). The van der Waals surface area contributed by atoms with Crippen molar-refractivity contribution in [1.82, 2.24) is 0 Å². The maximum Gasteiger partial charge on any atom is 0.130 e. The number of benzene rings is 1. The minimum absolute atomic E-state index is 0.0591. The van der Waals surface area contributed by atoms with Gasteiger partial charge in [-0.05, 0) is 52.8 Å². The van der Waals surface area contributed by atoms with Crippen LogP contribution >= 0.6 is 11.6 Å². The highest BCUT2D eigenvalue weighted by molar-refractivity contribution is 6.30. The monoisotopic (exact) mass is 298 g/mol. The molecule has 1 unspecified atom stereocenters. The minimum Gasteiger partial charge on any atom is -0.487 e. The van der Waals surface area contributed by atoms with Gasteiger partial charge in [0.25, 0.3) is 0 Å². The SMILES string of the molecule is C[C@@H](O)c1cc(Cl)ccc1OC1CC(C)(C)OC1(C)C. The molecule has 0 aromatic heterocycles. The van der Waals surface area contributed by atoms with Crippen molar-refractivity contribution in [2.24, 2.45) is 0 Å². The first-order chi connectivity index (χ1) is 9.11. The first-order valence-electron chi connectivity index (χ1n) is 6.95. The van der Waals surface area contributed by atoms with E-state index in [-0.39, 0.29) is 17.3 Å². The second-order valence-corrected chi connectivity index (χ2v) is 7.07. The first-order valence-corrected chi connectivity index (χ1v) is 7.33. The van der Waals surface area contributed by atoms with E-state index < -0.39 is 6.10 Å². The largest absolute Gasteiger partial charge is 0.487 e. The number of aliphatic hydroxyl groups is 1. The third-order valence-electron chi connectivity index (χ3n) is 3.68. The second-order valence-electron chi connectivity index (χ2n) is 6.63. The average molecular weight is 299 g/mol. The van der Waals surface area contributed by atoms with Crippen LogP contribution in [0.25, 0.3) is 0 Å². The average Bonchev–Trinajstić information content (AvgIpc) is 2.48. The number of aliphatic hydroxyl groups excluding tert-OH is 1. The van der Waals surface area contributed by atoms with E-state index in [1.54, 1.807) is 19.1 Å². The summed E-state index contributed by atoms with van der Waals surface area (Å²) in [6.07, 6.45) is 0.125. The van der Waals surface area contributed by atoms with Gasteiger partial charge in [0.2, 0.25) is 0 Å². The Bertz CT molecular complexity index is 494. The molecule has 1 fully saturated rings. The van der Waals surface area contributed by atoms with Crippen LogP contribution in [0.3, 0.4) is 0 Å². The van der Waals surface area contributed by atoms with Gasteiger partial charge >= 0.3 is 0 Å². The minimum atomic E-state index is -0.623. The van der Waals surface area contributed by atoms with Crippen LogP contribution in [-0.4, -0.2) is 22.4 Å². The third-order valence-corrected chi connectivity index (χ3v) is 3.92. The van der Waals surface area contributed by atoms with Crippen LogP contribution in [0.5, 0.6) is 5.75 Å². The van der Waals surface area contributed by atoms with Gasteiger partial charge in [0.15, 0.2) is 0 Å². The Morgan fingerprint density at radius 3 is 2.50 bits per heavy atom. The van der Waals surface area contributed by atoms with Crippen molar-refractivity contribution in [3.8, 4) is 5.75 Å². The van der Waals surface area contributed by atoms with Crippen molar-refractivity contribution in [3.05, 3.63) is 28.8 Å². The standard InChI is InChI=1S/C16H23ClO3/c1-10(18)12-8-11(17)6-7-13(12)19-14-9-15(2,3)20-16(14,4)5/h6-8,10,14,18H,9H2,1-5H3/t10-,14?/m1/s1. The molecular weight excluding hydrogens is 276 g/mol. The predicted molar refractivity (Wildman–Crippen MR) is 80.4 cm³/mol. The van der Waals surface area contributed by atoms with Crippen molar-refractivity contribution in [1.29, 1.82) is 0 Å². The lowest BCUT2D eigenvalue weighted by molar-refractivity contribution is -0.0848. The molecule has 20 heavy (non-hydrogen) atoms. The number of rotatable bonds is 3. The Morgan fingerprint density at radius 2 is 2.00 bits per heavy atom. The molecule has 0 bridgehead atoms. The fourth-order valence-electron chi connectivity index (χ4n) is 2.80. The molecule has 1 N–H and O–H groups in total. The molecular formula is C16H23ClO3. The topological polar surface area (TPSA) is 38.7 Å². The van der Waals surface area contributed by atoms with E-state index in [9.17, 15) is 5.11 Å². The molecule has 112 valence electrons. The predicted octanol–water partition coefficient (Wildman–Crippen LogP) is 4.12. The van der Waals surface area contributed by atoms with Crippen molar-refractivity contribution in [2.45, 2.75) is 64.4 Å². The smallest absolute Gasteiger partial charge is 0.130 e. The fraction of sp³-hybridized carbons (Fsp3) is 0.625. The van der Waals surface area contributed by atoms with E-state index >= 15 is 0 Å². The fourth-order valence-corrected chi connectivity index (χ4v) is 2.98. The van der Waals surface area contributed by atoms with E-state index in [0.29, 0.717) is 16.3 Å². The Hall–Kier alpha value is -0.770. The molecule has 1 aromatic carbocycles. The summed E-state index contributed by atoms with van der Waals surface area (Å²) < 4.78 is 12.2. The van der Waals surface area contributed by atoms with E-state index in [2.05, 4.69) is 13.8 Å². The van der Waals surface area contributed by atoms with Gasteiger partial charge in [0, 0.05) is 17.0 Å². The molecule has 3 nitrogen and oxygen atoms in total. The van der Waals surface area contributed by atoms with E-state index in [1.807, 2.05) is 19.9 Å². The van der Waals surface area contributed by atoms with E-state index in [1.165, 1.54) is 0 Å². The summed E-state index contributed by atoms with van der Waals surface area (Å²) in [6.45, 7) is 9.90. The maximum absolute atomic E-state index is 9.87. The van der Waals surface area contributed by atoms with E-state index in [4.69, 9.17) is 21.1 Å². The molecule has 0 saturated carbocycles. The summed E-state index contributed by atoms with van der Waals surface area (Å²) in [4.78, 5) is 0. The summed E-state index contributed by atoms with van der Waals surface area (Å²) in [7, 11) is 0. The maximum atomic E-state index is 9.87. The van der Waals surface area contributed by atoms with Gasteiger partial charge in [-0.15, -0.1) is 0 Å². The van der Waals surface area contributed by atoms with Gasteiger partial charge in [-0.3, -0.25) is 0 Å². The van der Waals surface area contributed by atoms with Gasteiger partial charge in [-0.1, -0.05) is 11.6 Å². The highest BCUT2D eigenvalue weighted by Crippen LogP contribution is 2.41. The van der Waals surface area contributed by atoms with Gasteiger partial charge < -0.3 is 14.6 Å². The summed E-state index contributed by atoms with van der Waals surface area (Å²) in [5.74, 6) is 0.670. The number of halogens is 1. The molecule has 2 atom stereocenters. The Balaban J connectivity index is 2.27. The first kappa shape index (κ1) is 15.6. The van der Waals surface area contributed by atoms with E-state index in [0.717, 1.165) is 6.42 Å². The molecule has 0 spiro atoms. The van der Waals surface area contributed by atoms with Crippen LogP contribution in [0.4, 0.5) is 0 Å². The number of hydrogen-bond acceptors (Lipinski definition) is 3. The molecule has 0 amide bonds. The van der Waals surface area contributed by atoms with Crippen LogP contribution in [-0.2, 0) is 4.74 Å². The van der Waals surface area contributed by atoms with Crippen LogP contribution in [0.15, 0.2) is 18.2 Å². The normalized spacial score (nSPS) is 25.4. The van der Waals surface area contributed by atoms with Crippen molar-refractivity contribution >= 4 is 11.6 Å². The molecule has 1 heterocycles. The Kier molecular flexibility index (Phi) is 4.07. The van der Waals surface area contributed by atoms with Crippen molar-refractivity contribution < 1.29 is 14.6 Å². The molecule has 1 aliphatic heterocycles. The van der Waals surface area contributed by atoms with Crippen LogP contribution < -0.4 is 4.74 Å². The lowest BCUT2D eigenvalue weighted by Gasteiger charge is -2.28. The second kappa shape index (κ2) is 5.21. The molecule has 1 aromatic rings. The van der Waals surface area contributed by atoms with Crippen LogP contribution in [0.2, 0.25) is 5.02 Å². The molecule has 1 aliphatic rings. The summed E-state index contributed by atoms with van der Waals surface area (Å²) in [5, 5.41) is 10.5. The zero-order valence-electron chi connectivity index (χ0n) is 12.7. The quantitative estimate of drug-likeness (QED) is 0.912. The molecule has 4 heteroatoms. The highest BCUT2D eigenvalue weighted by Gasteiger charge is 2.47. The molecule has 1 saturated heterocycles. The zero-order valence-corrected chi connectivity index (χ0v) is 13.5. The van der Waals surface area contributed by atoms with Crippen molar-refractivity contribution in [3.63, 3.8) is 0 Å². The summed E-state index contributed by atoms with van der Waals surface area (Å²) in [5.41, 5.74) is 0.142. The molecule has 0 radical (unpaired) electrons. The third kappa shape index (κ3) is 3.27. The Labute approximate surface area is 125 Å². The number of hydrogen-bond donors (Lipinski definition) is 1. The van der Waals surface area contributed by atoms with Gasteiger partial charge in [0.1, 0.15) is 17.5 Å². The number of ether oxygens (including phenoxy) is 2. The van der Waals surface area contributed by atoms with Gasteiger partial charge in [-0.25, -0.2) is 0 Å².